The normalized spacial score (nSPS) is 10.6. The molecule has 0 atom stereocenters. The molecule has 4 nitrogen and oxygen atoms in total. The number of carbonyl (C=O) groups excluding carboxylic acids is 1. The molecule has 2 rings (SSSR count). The molecule has 0 saturated carbocycles. The molecule has 1 N–H and O–H groups in total. The first kappa shape index (κ1) is 14.7. The molecule has 0 spiro atoms. The van der Waals surface area contributed by atoms with Gasteiger partial charge in [0, 0.05) is 12.5 Å². The summed E-state index contributed by atoms with van der Waals surface area (Å²) in [5.41, 5.74) is 3.59. The quantitative estimate of drug-likeness (QED) is 0.678. The van der Waals surface area contributed by atoms with E-state index >= 15 is 0 Å². The molecule has 21 heavy (non-hydrogen) atoms. The fourth-order valence-corrected chi connectivity index (χ4v) is 1.66. The van der Waals surface area contributed by atoms with Crippen LogP contribution in [0.4, 0.5) is 4.39 Å². The SMILES string of the molecule is CC(=O)N/N=C\c1cccc(OCc2ccccc2F)c1. The van der Waals surface area contributed by atoms with Gasteiger partial charge in [-0.3, -0.25) is 4.79 Å². The average Bonchev–Trinajstić information content (AvgIpc) is 2.46. The number of hydrazone groups is 1. The molecule has 0 aliphatic rings. The highest BCUT2D eigenvalue weighted by Crippen LogP contribution is 2.15. The molecular weight excluding hydrogens is 271 g/mol. The van der Waals surface area contributed by atoms with Crippen molar-refractivity contribution >= 4 is 12.1 Å². The van der Waals surface area contributed by atoms with Crippen molar-refractivity contribution in [3.63, 3.8) is 0 Å². The summed E-state index contributed by atoms with van der Waals surface area (Å²) >= 11 is 0. The Morgan fingerprint density at radius 2 is 2.10 bits per heavy atom. The molecule has 2 aromatic carbocycles. The first-order valence-corrected chi connectivity index (χ1v) is 6.41. The number of hydrogen-bond acceptors (Lipinski definition) is 3. The lowest BCUT2D eigenvalue weighted by Crippen LogP contribution is -2.12. The van der Waals surface area contributed by atoms with Gasteiger partial charge in [-0.1, -0.05) is 30.3 Å². The van der Waals surface area contributed by atoms with Crippen LogP contribution in [0.2, 0.25) is 0 Å². The first-order chi connectivity index (χ1) is 10.1. The van der Waals surface area contributed by atoms with Gasteiger partial charge in [0.1, 0.15) is 18.2 Å². The van der Waals surface area contributed by atoms with Crippen molar-refractivity contribution in [2.75, 3.05) is 0 Å². The second-order valence-electron chi connectivity index (χ2n) is 4.38. The zero-order valence-electron chi connectivity index (χ0n) is 11.5. The second kappa shape index (κ2) is 7.19. The second-order valence-corrected chi connectivity index (χ2v) is 4.38. The molecule has 0 heterocycles. The third-order valence-corrected chi connectivity index (χ3v) is 2.65. The van der Waals surface area contributed by atoms with Gasteiger partial charge in [-0.05, 0) is 23.8 Å². The smallest absolute Gasteiger partial charge is 0.236 e. The van der Waals surface area contributed by atoms with Crippen LogP contribution in [0.3, 0.4) is 0 Å². The van der Waals surface area contributed by atoms with E-state index in [9.17, 15) is 9.18 Å². The number of ether oxygens (including phenoxy) is 1. The number of halogens is 1. The van der Waals surface area contributed by atoms with Gasteiger partial charge in [0.2, 0.25) is 5.91 Å². The molecule has 0 aliphatic carbocycles. The molecule has 2 aromatic rings. The monoisotopic (exact) mass is 286 g/mol. The Kier molecular flexibility index (Phi) is 5.04. The van der Waals surface area contributed by atoms with E-state index in [-0.39, 0.29) is 18.3 Å². The van der Waals surface area contributed by atoms with Crippen LogP contribution in [0.25, 0.3) is 0 Å². The van der Waals surface area contributed by atoms with E-state index in [0.29, 0.717) is 11.3 Å². The number of hydrogen-bond donors (Lipinski definition) is 1. The number of amides is 1. The summed E-state index contributed by atoms with van der Waals surface area (Å²) in [6.07, 6.45) is 1.51. The highest BCUT2D eigenvalue weighted by molar-refractivity contribution is 5.82. The minimum Gasteiger partial charge on any atom is -0.489 e. The number of nitrogens with zero attached hydrogens (tertiary/aromatic N) is 1. The lowest BCUT2D eigenvalue weighted by atomic mass is 10.2. The Bertz CT molecular complexity index is 656. The number of benzene rings is 2. The Morgan fingerprint density at radius 1 is 1.29 bits per heavy atom. The minimum atomic E-state index is -0.291. The van der Waals surface area contributed by atoms with Crippen LogP contribution in [-0.2, 0) is 11.4 Å². The topological polar surface area (TPSA) is 50.7 Å². The van der Waals surface area contributed by atoms with Crippen LogP contribution in [0, 0.1) is 5.82 Å². The molecule has 5 heteroatoms. The average molecular weight is 286 g/mol. The summed E-state index contributed by atoms with van der Waals surface area (Å²) in [5, 5.41) is 3.77. The van der Waals surface area contributed by atoms with Crippen molar-refractivity contribution in [2.45, 2.75) is 13.5 Å². The van der Waals surface area contributed by atoms with Crippen molar-refractivity contribution in [3.8, 4) is 5.75 Å². The molecule has 0 aliphatic heterocycles. The summed E-state index contributed by atoms with van der Waals surface area (Å²) in [7, 11) is 0. The van der Waals surface area contributed by atoms with Gasteiger partial charge in [-0.25, -0.2) is 9.82 Å². The summed E-state index contributed by atoms with van der Waals surface area (Å²) in [5.74, 6) is 0.0733. The summed E-state index contributed by atoms with van der Waals surface area (Å²) < 4.78 is 19.0. The predicted molar refractivity (Wildman–Crippen MR) is 78.6 cm³/mol. The molecular formula is C16H15FN2O2. The third kappa shape index (κ3) is 4.72. The van der Waals surface area contributed by atoms with Gasteiger partial charge < -0.3 is 4.74 Å². The highest BCUT2D eigenvalue weighted by Gasteiger charge is 2.02. The maximum absolute atomic E-state index is 13.5. The van der Waals surface area contributed by atoms with E-state index in [1.807, 2.05) is 6.07 Å². The van der Waals surface area contributed by atoms with Gasteiger partial charge in [0.25, 0.3) is 0 Å². The highest BCUT2D eigenvalue weighted by atomic mass is 19.1. The van der Waals surface area contributed by atoms with Gasteiger partial charge in [-0.15, -0.1) is 0 Å². The van der Waals surface area contributed by atoms with Gasteiger partial charge >= 0.3 is 0 Å². The zero-order valence-corrected chi connectivity index (χ0v) is 11.5. The van der Waals surface area contributed by atoms with Crippen molar-refractivity contribution < 1.29 is 13.9 Å². The lowest BCUT2D eigenvalue weighted by molar-refractivity contribution is -0.118. The minimum absolute atomic E-state index is 0.152. The van der Waals surface area contributed by atoms with Crippen molar-refractivity contribution in [1.82, 2.24) is 5.43 Å². The molecule has 1 amide bonds. The fourth-order valence-electron chi connectivity index (χ4n) is 1.66. The van der Waals surface area contributed by atoms with Crippen LogP contribution in [0.5, 0.6) is 5.75 Å². The molecule has 0 aromatic heterocycles. The molecule has 0 radical (unpaired) electrons. The number of carbonyl (C=O) groups is 1. The maximum Gasteiger partial charge on any atom is 0.236 e. The Balaban J connectivity index is 1.99. The van der Waals surface area contributed by atoms with Crippen molar-refractivity contribution in [3.05, 3.63) is 65.5 Å². The van der Waals surface area contributed by atoms with Gasteiger partial charge in [-0.2, -0.15) is 5.10 Å². The van der Waals surface area contributed by atoms with E-state index < -0.39 is 0 Å². The van der Waals surface area contributed by atoms with E-state index in [1.165, 1.54) is 19.2 Å². The molecule has 0 bridgehead atoms. The fraction of sp³-hybridized carbons (Fsp3) is 0.125. The van der Waals surface area contributed by atoms with Crippen LogP contribution in [0.15, 0.2) is 53.6 Å². The Hall–Kier alpha value is -2.69. The molecule has 0 unspecified atom stereocenters. The summed E-state index contributed by atoms with van der Waals surface area (Å²) in [6, 6.07) is 13.6. The Morgan fingerprint density at radius 3 is 2.86 bits per heavy atom. The van der Waals surface area contributed by atoms with E-state index in [4.69, 9.17) is 4.74 Å². The lowest BCUT2D eigenvalue weighted by Gasteiger charge is -2.07. The summed E-state index contributed by atoms with van der Waals surface area (Å²) in [4.78, 5) is 10.7. The third-order valence-electron chi connectivity index (χ3n) is 2.65. The predicted octanol–water partition coefficient (Wildman–Crippen LogP) is 2.87. The zero-order chi connectivity index (χ0) is 15.1. The first-order valence-electron chi connectivity index (χ1n) is 6.41. The van der Waals surface area contributed by atoms with Gasteiger partial charge in [0.05, 0.1) is 6.21 Å². The van der Waals surface area contributed by atoms with Crippen molar-refractivity contribution in [2.24, 2.45) is 5.10 Å². The Labute approximate surface area is 122 Å². The van der Waals surface area contributed by atoms with Crippen LogP contribution >= 0.6 is 0 Å². The van der Waals surface area contributed by atoms with Crippen LogP contribution in [0.1, 0.15) is 18.1 Å². The number of nitrogens with one attached hydrogen (secondary N) is 1. The largest absolute Gasteiger partial charge is 0.489 e. The standard InChI is InChI=1S/C16H15FN2O2/c1-12(20)19-18-10-13-5-4-7-15(9-13)21-11-14-6-2-3-8-16(14)17/h2-10H,11H2,1H3,(H,19,20)/b18-10-. The molecule has 108 valence electrons. The number of rotatable bonds is 5. The van der Waals surface area contributed by atoms with Crippen molar-refractivity contribution in [1.29, 1.82) is 0 Å². The van der Waals surface area contributed by atoms with E-state index in [0.717, 1.165) is 5.56 Å². The molecule has 0 saturated heterocycles. The van der Waals surface area contributed by atoms with Gasteiger partial charge in [0.15, 0.2) is 0 Å². The maximum atomic E-state index is 13.5. The van der Waals surface area contributed by atoms with Crippen LogP contribution < -0.4 is 10.2 Å². The van der Waals surface area contributed by atoms with E-state index in [2.05, 4.69) is 10.5 Å². The van der Waals surface area contributed by atoms with E-state index in [1.54, 1.807) is 36.4 Å². The summed E-state index contributed by atoms with van der Waals surface area (Å²) in [6.45, 7) is 1.53. The molecule has 0 fully saturated rings. The van der Waals surface area contributed by atoms with Crippen LogP contribution in [-0.4, -0.2) is 12.1 Å².